The van der Waals surface area contributed by atoms with Crippen molar-refractivity contribution >= 4 is 23.2 Å². The molecule has 0 fully saturated rings. The Hall–Kier alpha value is -3.72. The van der Waals surface area contributed by atoms with Crippen LogP contribution in [-0.2, 0) is 6.18 Å². The minimum absolute atomic E-state index is 0.288. The minimum Gasteiger partial charge on any atom is -0.320 e. The zero-order valence-electron chi connectivity index (χ0n) is 15.6. The molecule has 0 aliphatic rings. The van der Waals surface area contributed by atoms with Crippen LogP contribution in [0.4, 0.5) is 18.9 Å². The lowest BCUT2D eigenvalue weighted by molar-refractivity contribution is -0.138. The van der Waals surface area contributed by atoms with Gasteiger partial charge >= 0.3 is 6.18 Å². The largest absolute Gasteiger partial charge is 0.418 e. The van der Waals surface area contributed by atoms with Crippen molar-refractivity contribution in [3.8, 4) is 16.9 Å². The molecule has 1 N–H and O–H groups in total. The van der Waals surface area contributed by atoms with E-state index in [4.69, 9.17) is 11.6 Å². The second-order valence-electron chi connectivity index (χ2n) is 6.38. The van der Waals surface area contributed by atoms with Crippen LogP contribution in [0.3, 0.4) is 0 Å². The van der Waals surface area contributed by atoms with Crippen molar-refractivity contribution < 1.29 is 18.0 Å². The molecule has 0 aliphatic heterocycles. The second-order valence-corrected chi connectivity index (χ2v) is 6.78. The third-order valence-electron chi connectivity index (χ3n) is 4.36. The molecule has 0 saturated heterocycles. The Labute approximate surface area is 179 Å². The van der Waals surface area contributed by atoms with E-state index < -0.39 is 23.3 Å². The molecule has 0 aliphatic carbocycles. The SMILES string of the molecule is O=C(Nc1ccccc1-c1cnc(-n2cccn2)c(Cl)c1)c1ncccc1C(F)(F)F. The van der Waals surface area contributed by atoms with E-state index in [-0.39, 0.29) is 5.69 Å². The maximum atomic E-state index is 13.2. The number of para-hydroxylation sites is 1. The Morgan fingerprint density at radius 1 is 1.03 bits per heavy atom. The van der Waals surface area contributed by atoms with Crippen molar-refractivity contribution in [2.75, 3.05) is 5.32 Å². The monoisotopic (exact) mass is 443 g/mol. The third kappa shape index (κ3) is 4.26. The van der Waals surface area contributed by atoms with Gasteiger partial charge in [0.25, 0.3) is 5.91 Å². The summed E-state index contributed by atoms with van der Waals surface area (Å²) in [4.78, 5) is 20.6. The Morgan fingerprint density at radius 3 is 2.55 bits per heavy atom. The van der Waals surface area contributed by atoms with E-state index in [1.54, 1.807) is 48.8 Å². The quantitative estimate of drug-likeness (QED) is 0.467. The number of hydrogen-bond donors (Lipinski definition) is 1. The molecule has 4 aromatic rings. The first-order chi connectivity index (χ1) is 14.8. The summed E-state index contributed by atoms with van der Waals surface area (Å²) >= 11 is 6.35. The molecule has 0 atom stereocenters. The predicted octanol–water partition coefficient (Wildman–Crippen LogP) is 5.25. The van der Waals surface area contributed by atoms with E-state index in [0.717, 1.165) is 18.3 Å². The average molecular weight is 444 g/mol. The van der Waals surface area contributed by atoms with Crippen LogP contribution in [0.1, 0.15) is 16.1 Å². The molecule has 0 radical (unpaired) electrons. The first-order valence-corrected chi connectivity index (χ1v) is 9.31. The zero-order valence-corrected chi connectivity index (χ0v) is 16.4. The molecule has 3 aromatic heterocycles. The highest BCUT2D eigenvalue weighted by atomic mass is 35.5. The normalized spacial score (nSPS) is 11.4. The summed E-state index contributed by atoms with van der Waals surface area (Å²) in [6.07, 6.45) is 1.24. The molecule has 0 bridgehead atoms. The highest BCUT2D eigenvalue weighted by Crippen LogP contribution is 2.33. The summed E-state index contributed by atoms with van der Waals surface area (Å²) < 4.78 is 41.2. The lowest BCUT2D eigenvalue weighted by Crippen LogP contribution is -2.20. The molecule has 1 aromatic carbocycles. The van der Waals surface area contributed by atoms with Gasteiger partial charge in [-0.15, -0.1) is 0 Å². The lowest BCUT2D eigenvalue weighted by atomic mass is 10.0. The number of anilines is 1. The first kappa shape index (κ1) is 20.5. The molecule has 4 rings (SSSR count). The van der Waals surface area contributed by atoms with Gasteiger partial charge in [0, 0.05) is 41.6 Å². The van der Waals surface area contributed by atoms with Crippen LogP contribution in [0, 0.1) is 0 Å². The molecule has 0 saturated carbocycles. The number of rotatable bonds is 4. The van der Waals surface area contributed by atoms with Crippen molar-refractivity contribution in [2.24, 2.45) is 0 Å². The smallest absolute Gasteiger partial charge is 0.320 e. The van der Waals surface area contributed by atoms with Gasteiger partial charge in [0.15, 0.2) is 5.82 Å². The highest BCUT2D eigenvalue weighted by molar-refractivity contribution is 6.32. The van der Waals surface area contributed by atoms with E-state index in [0.29, 0.717) is 22.0 Å². The van der Waals surface area contributed by atoms with E-state index in [1.165, 1.54) is 10.9 Å². The van der Waals surface area contributed by atoms with Crippen LogP contribution in [0.25, 0.3) is 16.9 Å². The minimum atomic E-state index is -4.71. The van der Waals surface area contributed by atoms with E-state index in [1.807, 2.05) is 0 Å². The predicted molar refractivity (Wildman–Crippen MR) is 109 cm³/mol. The number of nitrogens with one attached hydrogen (secondary N) is 1. The molecular formula is C21H13ClF3N5O. The summed E-state index contributed by atoms with van der Waals surface area (Å²) in [5.74, 6) is -0.562. The van der Waals surface area contributed by atoms with E-state index in [9.17, 15) is 18.0 Å². The lowest BCUT2D eigenvalue weighted by Gasteiger charge is -2.14. The fourth-order valence-corrected chi connectivity index (χ4v) is 3.23. The summed E-state index contributed by atoms with van der Waals surface area (Å²) in [5, 5.41) is 6.90. The highest BCUT2D eigenvalue weighted by Gasteiger charge is 2.36. The van der Waals surface area contributed by atoms with Gasteiger partial charge in [0.2, 0.25) is 0 Å². The van der Waals surface area contributed by atoms with Crippen molar-refractivity contribution in [1.29, 1.82) is 0 Å². The number of alkyl halides is 3. The second kappa shape index (κ2) is 8.19. The Morgan fingerprint density at radius 2 is 1.84 bits per heavy atom. The van der Waals surface area contributed by atoms with Crippen LogP contribution in [0.15, 0.2) is 73.3 Å². The van der Waals surface area contributed by atoms with Gasteiger partial charge in [0.05, 0.1) is 10.6 Å². The van der Waals surface area contributed by atoms with E-state index >= 15 is 0 Å². The Kier molecular flexibility index (Phi) is 5.43. The number of carbonyl (C=O) groups is 1. The van der Waals surface area contributed by atoms with Crippen LogP contribution < -0.4 is 5.32 Å². The standard InChI is InChI=1S/C21H13ClF3N5O/c22-16-11-13(12-27-19(16)30-10-4-9-28-30)14-5-1-2-7-17(14)29-20(31)18-15(21(23,24)25)6-3-8-26-18/h1-12H,(H,29,31). The maximum Gasteiger partial charge on any atom is 0.418 e. The van der Waals surface area contributed by atoms with Gasteiger partial charge in [-0.3, -0.25) is 9.78 Å². The van der Waals surface area contributed by atoms with Crippen LogP contribution in [0.5, 0.6) is 0 Å². The maximum absolute atomic E-state index is 13.2. The molecule has 31 heavy (non-hydrogen) atoms. The molecule has 6 nitrogen and oxygen atoms in total. The number of benzene rings is 1. The summed E-state index contributed by atoms with van der Waals surface area (Å²) in [6, 6.07) is 11.9. The summed E-state index contributed by atoms with van der Waals surface area (Å²) in [6.45, 7) is 0. The number of carbonyl (C=O) groups excluding carboxylic acids is 1. The Bertz CT molecular complexity index is 1240. The van der Waals surface area contributed by atoms with Gasteiger partial charge in [-0.25, -0.2) is 9.67 Å². The molecule has 0 spiro atoms. The number of hydrogen-bond acceptors (Lipinski definition) is 4. The van der Waals surface area contributed by atoms with Gasteiger partial charge in [-0.2, -0.15) is 18.3 Å². The molecule has 3 heterocycles. The number of nitrogens with zero attached hydrogens (tertiary/aromatic N) is 4. The van der Waals surface area contributed by atoms with Crippen LogP contribution >= 0.6 is 11.6 Å². The third-order valence-corrected chi connectivity index (χ3v) is 4.64. The summed E-state index contributed by atoms with van der Waals surface area (Å²) in [7, 11) is 0. The summed E-state index contributed by atoms with van der Waals surface area (Å²) in [5.41, 5.74) is -0.445. The van der Waals surface area contributed by atoms with Crippen LogP contribution in [0.2, 0.25) is 5.02 Å². The number of pyridine rings is 2. The number of aromatic nitrogens is 4. The molecule has 1 amide bonds. The molecule has 156 valence electrons. The van der Waals surface area contributed by atoms with Crippen molar-refractivity contribution in [1.82, 2.24) is 19.7 Å². The molecule has 10 heteroatoms. The fourth-order valence-electron chi connectivity index (χ4n) is 2.98. The fraction of sp³-hybridized carbons (Fsp3) is 0.0476. The zero-order chi connectivity index (χ0) is 22.0. The number of halogens is 4. The van der Waals surface area contributed by atoms with Crippen molar-refractivity contribution in [2.45, 2.75) is 6.18 Å². The van der Waals surface area contributed by atoms with Gasteiger partial charge in [0.1, 0.15) is 5.69 Å². The van der Waals surface area contributed by atoms with Gasteiger partial charge in [-0.1, -0.05) is 29.8 Å². The first-order valence-electron chi connectivity index (χ1n) is 8.93. The topological polar surface area (TPSA) is 72.7 Å². The average Bonchev–Trinajstić information content (AvgIpc) is 3.28. The van der Waals surface area contributed by atoms with E-state index in [2.05, 4.69) is 20.4 Å². The Balaban J connectivity index is 1.68. The molecule has 0 unspecified atom stereocenters. The van der Waals surface area contributed by atoms with Gasteiger partial charge < -0.3 is 5.32 Å². The molecular weight excluding hydrogens is 431 g/mol. The van der Waals surface area contributed by atoms with Crippen LogP contribution in [-0.4, -0.2) is 25.7 Å². The number of amides is 1. The van der Waals surface area contributed by atoms with Crippen molar-refractivity contribution in [3.05, 3.63) is 89.6 Å². The van der Waals surface area contributed by atoms with Crippen molar-refractivity contribution in [3.63, 3.8) is 0 Å². The van der Waals surface area contributed by atoms with Gasteiger partial charge in [-0.05, 0) is 30.3 Å².